The molecule has 0 spiro atoms. The number of nitrogens with two attached hydrogens (primary N) is 2. The van der Waals surface area contributed by atoms with Crippen LogP contribution in [-0.2, 0) is 4.74 Å². The third-order valence-electron chi connectivity index (χ3n) is 1.22. The zero-order chi connectivity index (χ0) is 9.12. The smallest absolute Gasteiger partial charge is 0.111 e. The summed E-state index contributed by atoms with van der Waals surface area (Å²) < 4.78 is 5.30. The van der Waals surface area contributed by atoms with E-state index in [0.29, 0.717) is 6.61 Å². The number of hydrogen-bond donors (Lipinski definition) is 2. The Kier molecular flexibility index (Phi) is 3.48. The second kappa shape index (κ2) is 3.52. The maximum Gasteiger partial charge on any atom is 0.111 e. The molecule has 0 aliphatic rings. The molecule has 0 radical (unpaired) electrons. The molecule has 0 bridgehead atoms. The Morgan fingerprint density at radius 1 is 1.09 bits per heavy atom. The van der Waals surface area contributed by atoms with Gasteiger partial charge in [0.05, 0.1) is 6.61 Å². The van der Waals surface area contributed by atoms with Crippen LogP contribution in [0.1, 0.15) is 34.1 Å². The molecule has 0 aromatic rings. The van der Waals surface area contributed by atoms with Crippen LogP contribution in [0.2, 0.25) is 0 Å². The number of hydrogen-bond acceptors (Lipinski definition) is 3. The van der Waals surface area contributed by atoms with Crippen molar-refractivity contribution in [2.45, 2.75) is 45.4 Å². The minimum atomic E-state index is -0.536. The highest BCUT2D eigenvalue weighted by atomic mass is 16.5. The summed E-state index contributed by atoms with van der Waals surface area (Å²) in [4.78, 5) is 0. The van der Waals surface area contributed by atoms with E-state index >= 15 is 0 Å². The molecular weight excluding hydrogens is 140 g/mol. The minimum absolute atomic E-state index is 0.161. The van der Waals surface area contributed by atoms with Crippen molar-refractivity contribution in [1.29, 1.82) is 0 Å². The Labute approximate surface area is 69.1 Å². The van der Waals surface area contributed by atoms with Gasteiger partial charge in [-0.1, -0.05) is 0 Å². The fourth-order valence-corrected chi connectivity index (χ4v) is 0.577. The maximum absolute atomic E-state index is 5.74. The summed E-state index contributed by atoms with van der Waals surface area (Å²) in [6.45, 7) is 8.22. The molecular formula is C8H20N2O. The highest BCUT2D eigenvalue weighted by Gasteiger charge is 2.14. The first-order valence-corrected chi connectivity index (χ1v) is 3.92. The van der Waals surface area contributed by atoms with E-state index in [1.165, 1.54) is 0 Å². The lowest BCUT2D eigenvalue weighted by molar-refractivity contribution is -0.0186. The third-order valence-corrected chi connectivity index (χ3v) is 1.22. The molecule has 11 heavy (non-hydrogen) atoms. The summed E-state index contributed by atoms with van der Waals surface area (Å²) in [6, 6.07) is 0. The Morgan fingerprint density at radius 2 is 1.55 bits per heavy atom. The summed E-state index contributed by atoms with van der Waals surface area (Å²) in [6.07, 6.45) is 0.827. The molecule has 0 saturated carbocycles. The molecule has 3 heteroatoms. The largest absolute Gasteiger partial charge is 0.361 e. The molecule has 3 nitrogen and oxygen atoms in total. The van der Waals surface area contributed by atoms with Gasteiger partial charge in [-0.3, -0.25) is 0 Å². The number of rotatable bonds is 4. The van der Waals surface area contributed by atoms with Gasteiger partial charge in [-0.15, -0.1) is 0 Å². The normalized spacial score (nSPS) is 13.6. The molecule has 0 aromatic carbocycles. The molecule has 0 aliphatic carbocycles. The molecule has 68 valence electrons. The van der Waals surface area contributed by atoms with Crippen molar-refractivity contribution in [2.24, 2.45) is 11.5 Å². The van der Waals surface area contributed by atoms with E-state index in [2.05, 4.69) is 0 Å². The first kappa shape index (κ1) is 10.9. The second-order valence-corrected chi connectivity index (χ2v) is 4.19. The van der Waals surface area contributed by atoms with Crippen LogP contribution in [0.4, 0.5) is 0 Å². The van der Waals surface area contributed by atoms with Gasteiger partial charge in [-0.25, -0.2) is 0 Å². The molecule has 0 aliphatic heterocycles. The van der Waals surface area contributed by atoms with Gasteiger partial charge in [0.2, 0.25) is 0 Å². The van der Waals surface area contributed by atoms with E-state index in [-0.39, 0.29) is 5.54 Å². The highest BCUT2D eigenvalue weighted by Crippen LogP contribution is 2.06. The van der Waals surface area contributed by atoms with Crippen molar-refractivity contribution in [3.63, 3.8) is 0 Å². The van der Waals surface area contributed by atoms with Crippen LogP contribution in [0.15, 0.2) is 0 Å². The van der Waals surface area contributed by atoms with Crippen LogP contribution >= 0.6 is 0 Å². The van der Waals surface area contributed by atoms with Gasteiger partial charge in [0, 0.05) is 5.54 Å². The minimum Gasteiger partial charge on any atom is -0.361 e. The molecule has 0 saturated heterocycles. The Hall–Kier alpha value is -0.120. The van der Waals surface area contributed by atoms with Gasteiger partial charge < -0.3 is 16.2 Å². The van der Waals surface area contributed by atoms with Crippen molar-refractivity contribution in [1.82, 2.24) is 0 Å². The zero-order valence-corrected chi connectivity index (χ0v) is 7.98. The van der Waals surface area contributed by atoms with Gasteiger partial charge in [0.25, 0.3) is 0 Å². The Morgan fingerprint density at radius 3 is 1.82 bits per heavy atom. The SMILES string of the molecule is CC(C)(N)CCOC(C)(C)N. The lowest BCUT2D eigenvalue weighted by Crippen LogP contribution is -2.39. The van der Waals surface area contributed by atoms with Crippen LogP contribution in [0.25, 0.3) is 0 Å². The predicted molar refractivity (Wildman–Crippen MR) is 47.1 cm³/mol. The standard InChI is InChI=1S/C8H20N2O/c1-7(2,9)5-6-11-8(3,4)10/h5-6,9-10H2,1-4H3. The van der Waals surface area contributed by atoms with Gasteiger partial charge in [-0.05, 0) is 34.1 Å². The van der Waals surface area contributed by atoms with Crippen molar-refractivity contribution < 1.29 is 4.74 Å². The lowest BCUT2D eigenvalue weighted by atomic mass is 10.0. The van der Waals surface area contributed by atoms with Gasteiger partial charge in [-0.2, -0.15) is 0 Å². The van der Waals surface area contributed by atoms with Gasteiger partial charge in [0.15, 0.2) is 0 Å². The first-order valence-electron chi connectivity index (χ1n) is 3.92. The van der Waals surface area contributed by atoms with Gasteiger partial charge in [0.1, 0.15) is 5.72 Å². The first-order chi connectivity index (χ1) is 4.71. The molecule has 0 fully saturated rings. The number of ether oxygens (including phenoxy) is 1. The summed E-state index contributed by atoms with van der Waals surface area (Å²) >= 11 is 0. The molecule has 0 aromatic heterocycles. The summed E-state index contributed by atoms with van der Waals surface area (Å²) in [5, 5.41) is 0. The fraction of sp³-hybridized carbons (Fsp3) is 1.00. The maximum atomic E-state index is 5.74. The van der Waals surface area contributed by atoms with Crippen molar-refractivity contribution >= 4 is 0 Å². The summed E-state index contributed by atoms with van der Waals surface area (Å²) in [5.74, 6) is 0. The molecule has 0 amide bonds. The van der Waals surface area contributed by atoms with E-state index in [1.54, 1.807) is 0 Å². The summed E-state index contributed by atoms with van der Waals surface area (Å²) in [5.41, 5.74) is 10.6. The van der Waals surface area contributed by atoms with Crippen LogP contribution in [0, 0.1) is 0 Å². The topological polar surface area (TPSA) is 61.3 Å². The van der Waals surface area contributed by atoms with Crippen LogP contribution in [-0.4, -0.2) is 17.9 Å². The van der Waals surface area contributed by atoms with Gasteiger partial charge >= 0.3 is 0 Å². The monoisotopic (exact) mass is 160 g/mol. The highest BCUT2D eigenvalue weighted by molar-refractivity contribution is 4.71. The van der Waals surface area contributed by atoms with Crippen LogP contribution < -0.4 is 11.5 Å². The third kappa shape index (κ3) is 9.88. The van der Waals surface area contributed by atoms with E-state index in [9.17, 15) is 0 Å². The zero-order valence-electron chi connectivity index (χ0n) is 7.98. The fourth-order valence-electron chi connectivity index (χ4n) is 0.577. The average Bonchev–Trinajstić information content (AvgIpc) is 1.55. The molecule has 4 N–H and O–H groups in total. The van der Waals surface area contributed by atoms with E-state index in [1.807, 2.05) is 27.7 Å². The second-order valence-electron chi connectivity index (χ2n) is 4.19. The molecule has 0 heterocycles. The van der Waals surface area contributed by atoms with Crippen molar-refractivity contribution in [2.75, 3.05) is 6.61 Å². The predicted octanol–water partition coefficient (Wildman–Crippen LogP) is 0.825. The molecule has 0 atom stereocenters. The van der Waals surface area contributed by atoms with Crippen molar-refractivity contribution in [3.05, 3.63) is 0 Å². The van der Waals surface area contributed by atoms with E-state index in [4.69, 9.17) is 16.2 Å². The van der Waals surface area contributed by atoms with E-state index < -0.39 is 5.72 Å². The van der Waals surface area contributed by atoms with Crippen molar-refractivity contribution in [3.8, 4) is 0 Å². The van der Waals surface area contributed by atoms with E-state index in [0.717, 1.165) is 6.42 Å². The van der Waals surface area contributed by atoms with Crippen LogP contribution in [0.3, 0.4) is 0 Å². The molecule has 0 unspecified atom stereocenters. The Balaban J connectivity index is 3.44. The summed E-state index contributed by atoms with van der Waals surface area (Å²) in [7, 11) is 0. The lowest BCUT2D eigenvalue weighted by Gasteiger charge is -2.23. The Bertz CT molecular complexity index is 96.2. The quantitative estimate of drug-likeness (QED) is 0.599. The molecule has 0 rings (SSSR count). The van der Waals surface area contributed by atoms with Crippen LogP contribution in [0.5, 0.6) is 0 Å². The average molecular weight is 160 g/mol.